The lowest BCUT2D eigenvalue weighted by Crippen LogP contribution is -2.17. The topological polar surface area (TPSA) is 69.6 Å². The van der Waals surface area contributed by atoms with E-state index in [4.69, 9.17) is 5.73 Å². The van der Waals surface area contributed by atoms with Crippen molar-refractivity contribution in [1.82, 2.24) is 19.7 Å². The molecule has 2 rings (SSSR count). The van der Waals surface area contributed by atoms with Crippen molar-refractivity contribution in [2.45, 2.75) is 25.9 Å². The summed E-state index contributed by atoms with van der Waals surface area (Å²) < 4.78 is 14.8. The molecule has 0 radical (unpaired) electrons. The summed E-state index contributed by atoms with van der Waals surface area (Å²) in [5.41, 5.74) is 6.65. The summed E-state index contributed by atoms with van der Waals surface area (Å²) >= 11 is 0. The van der Waals surface area contributed by atoms with Crippen molar-refractivity contribution in [1.29, 1.82) is 0 Å². The predicted molar refractivity (Wildman–Crippen MR) is 60.5 cm³/mol. The monoisotopic (exact) mass is 235 g/mol. The van der Waals surface area contributed by atoms with E-state index in [2.05, 4.69) is 15.1 Å². The zero-order valence-corrected chi connectivity index (χ0v) is 9.55. The Kier molecular flexibility index (Phi) is 3.43. The number of hydrogen-bond acceptors (Lipinski definition) is 4. The molecule has 0 fully saturated rings. The maximum absolute atomic E-state index is 13.0. The fourth-order valence-corrected chi connectivity index (χ4v) is 1.66. The lowest BCUT2D eigenvalue weighted by atomic mass is 10.1. The van der Waals surface area contributed by atoms with Crippen LogP contribution in [0.4, 0.5) is 4.39 Å². The standard InChI is InChI=1S/C11H14FN5/c1-2-17-11(15-7-16-17)4-10(13)8-3-9(12)6-14-5-8/h3,5-7,10H,2,4,13H2,1H3. The number of aryl methyl sites for hydroxylation is 1. The van der Waals surface area contributed by atoms with Crippen LogP contribution in [0, 0.1) is 5.82 Å². The first-order valence-electron chi connectivity index (χ1n) is 5.43. The molecule has 5 nitrogen and oxygen atoms in total. The zero-order valence-electron chi connectivity index (χ0n) is 9.55. The number of pyridine rings is 1. The fourth-order valence-electron chi connectivity index (χ4n) is 1.66. The van der Waals surface area contributed by atoms with E-state index in [1.165, 1.54) is 12.4 Å². The van der Waals surface area contributed by atoms with Gasteiger partial charge in [-0.3, -0.25) is 9.67 Å². The maximum atomic E-state index is 13.0. The van der Waals surface area contributed by atoms with Gasteiger partial charge in [0.15, 0.2) is 0 Å². The smallest absolute Gasteiger partial charge is 0.141 e. The van der Waals surface area contributed by atoms with E-state index >= 15 is 0 Å². The first-order valence-corrected chi connectivity index (χ1v) is 5.43. The molecule has 0 spiro atoms. The van der Waals surface area contributed by atoms with Crippen molar-refractivity contribution in [3.8, 4) is 0 Å². The van der Waals surface area contributed by atoms with Crippen LogP contribution < -0.4 is 5.73 Å². The lowest BCUT2D eigenvalue weighted by molar-refractivity contribution is 0.573. The predicted octanol–water partition coefficient (Wildman–Crippen LogP) is 1.07. The molecule has 0 aromatic carbocycles. The van der Waals surface area contributed by atoms with E-state index in [-0.39, 0.29) is 11.9 Å². The van der Waals surface area contributed by atoms with Gasteiger partial charge in [0.25, 0.3) is 0 Å². The number of aromatic nitrogens is 4. The Hall–Kier alpha value is -1.82. The van der Waals surface area contributed by atoms with Crippen molar-refractivity contribution in [2.24, 2.45) is 5.73 Å². The van der Waals surface area contributed by atoms with Crippen molar-refractivity contribution >= 4 is 0 Å². The van der Waals surface area contributed by atoms with Crippen LogP contribution in [0.3, 0.4) is 0 Å². The number of nitrogens with zero attached hydrogens (tertiary/aromatic N) is 4. The zero-order chi connectivity index (χ0) is 12.3. The van der Waals surface area contributed by atoms with Crippen LogP contribution in [-0.2, 0) is 13.0 Å². The second-order valence-corrected chi connectivity index (χ2v) is 3.74. The highest BCUT2D eigenvalue weighted by Gasteiger charge is 2.12. The Morgan fingerprint density at radius 2 is 2.29 bits per heavy atom. The van der Waals surface area contributed by atoms with Crippen molar-refractivity contribution in [3.05, 3.63) is 42.0 Å². The van der Waals surface area contributed by atoms with Gasteiger partial charge >= 0.3 is 0 Å². The average Bonchev–Trinajstić information content (AvgIpc) is 2.76. The molecule has 0 aliphatic heterocycles. The Labute approximate surface area is 98.5 Å². The molecule has 6 heteroatoms. The molecule has 1 atom stereocenters. The molecule has 2 aromatic rings. The van der Waals surface area contributed by atoms with E-state index in [0.29, 0.717) is 12.0 Å². The fraction of sp³-hybridized carbons (Fsp3) is 0.364. The van der Waals surface area contributed by atoms with Crippen molar-refractivity contribution < 1.29 is 4.39 Å². The maximum Gasteiger partial charge on any atom is 0.141 e. The third-order valence-electron chi connectivity index (χ3n) is 2.55. The average molecular weight is 235 g/mol. The first-order chi connectivity index (χ1) is 8.20. The van der Waals surface area contributed by atoms with E-state index < -0.39 is 0 Å². The molecular formula is C11H14FN5. The summed E-state index contributed by atoms with van der Waals surface area (Å²) in [5.74, 6) is 0.416. The molecule has 0 bridgehead atoms. The summed E-state index contributed by atoms with van der Waals surface area (Å²) in [7, 11) is 0. The molecule has 0 amide bonds. The lowest BCUT2D eigenvalue weighted by Gasteiger charge is -2.11. The van der Waals surface area contributed by atoms with E-state index in [9.17, 15) is 4.39 Å². The summed E-state index contributed by atoms with van der Waals surface area (Å²) in [4.78, 5) is 7.91. The minimum atomic E-state index is -0.380. The summed E-state index contributed by atoms with van der Waals surface area (Å²) in [5, 5.41) is 4.06. The third kappa shape index (κ3) is 2.65. The Bertz CT molecular complexity index is 496. The molecule has 0 aliphatic carbocycles. The van der Waals surface area contributed by atoms with Gasteiger partial charge in [0.05, 0.1) is 6.20 Å². The van der Waals surface area contributed by atoms with Crippen LogP contribution in [0.5, 0.6) is 0 Å². The molecule has 0 saturated heterocycles. The van der Waals surface area contributed by atoms with E-state index in [1.807, 2.05) is 6.92 Å². The third-order valence-corrected chi connectivity index (χ3v) is 2.55. The van der Waals surface area contributed by atoms with Gasteiger partial charge in [0.2, 0.25) is 0 Å². The highest BCUT2D eigenvalue weighted by molar-refractivity contribution is 5.16. The van der Waals surface area contributed by atoms with Gasteiger partial charge in [-0.15, -0.1) is 0 Å². The van der Waals surface area contributed by atoms with Gasteiger partial charge in [-0.25, -0.2) is 9.37 Å². The normalized spacial score (nSPS) is 12.6. The second-order valence-electron chi connectivity index (χ2n) is 3.74. The van der Waals surface area contributed by atoms with Crippen molar-refractivity contribution in [3.63, 3.8) is 0 Å². The SMILES string of the molecule is CCn1ncnc1CC(N)c1cncc(F)c1. The molecule has 0 saturated carbocycles. The minimum Gasteiger partial charge on any atom is -0.324 e. The quantitative estimate of drug-likeness (QED) is 0.860. The van der Waals surface area contributed by atoms with Crippen LogP contribution in [0.1, 0.15) is 24.4 Å². The first kappa shape index (κ1) is 11.7. The van der Waals surface area contributed by atoms with Gasteiger partial charge in [-0.05, 0) is 18.6 Å². The second kappa shape index (κ2) is 5.01. The van der Waals surface area contributed by atoms with Crippen LogP contribution in [0.2, 0.25) is 0 Å². The van der Waals surface area contributed by atoms with Crippen LogP contribution in [0.25, 0.3) is 0 Å². The number of nitrogens with two attached hydrogens (primary N) is 1. The summed E-state index contributed by atoms with van der Waals surface area (Å²) in [6, 6.07) is 1.07. The van der Waals surface area contributed by atoms with Gasteiger partial charge in [0.1, 0.15) is 18.0 Å². The van der Waals surface area contributed by atoms with Crippen molar-refractivity contribution in [2.75, 3.05) is 0 Å². The van der Waals surface area contributed by atoms with E-state index in [1.54, 1.807) is 10.9 Å². The van der Waals surface area contributed by atoms with Gasteiger partial charge in [-0.1, -0.05) is 0 Å². The molecule has 2 heterocycles. The largest absolute Gasteiger partial charge is 0.324 e. The molecule has 1 unspecified atom stereocenters. The Morgan fingerprint density at radius 1 is 1.47 bits per heavy atom. The van der Waals surface area contributed by atoms with Gasteiger partial charge in [-0.2, -0.15) is 5.10 Å². The van der Waals surface area contributed by atoms with Gasteiger partial charge in [0, 0.05) is 25.2 Å². The minimum absolute atomic E-state index is 0.326. The van der Waals surface area contributed by atoms with E-state index in [0.717, 1.165) is 18.6 Å². The Balaban J connectivity index is 2.14. The molecule has 90 valence electrons. The van der Waals surface area contributed by atoms with Gasteiger partial charge < -0.3 is 5.73 Å². The Morgan fingerprint density at radius 3 is 3.00 bits per heavy atom. The van der Waals surface area contributed by atoms with Crippen LogP contribution in [-0.4, -0.2) is 19.7 Å². The number of halogens is 1. The van der Waals surface area contributed by atoms with Crippen LogP contribution >= 0.6 is 0 Å². The number of rotatable bonds is 4. The highest BCUT2D eigenvalue weighted by Crippen LogP contribution is 2.14. The van der Waals surface area contributed by atoms with Crippen LogP contribution in [0.15, 0.2) is 24.8 Å². The molecule has 17 heavy (non-hydrogen) atoms. The highest BCUT2D eigenvalue weighted by atomic mass is 19.1. The molecule has 0 aliphatic rings. The molecule has 2 aromatic heterocycles. The summed E-state index contributed by atoms with van der Waals surface area (Å²) in [6.07, 6.45) is 4.74. The summed E-state index contributed by atoms with van der Waals surface area (Å²) in [6.45, 7) is 2.72. The molecular weight excluding hydrogens is 221 g/mol. The molecule has 2 N–H and O–H groups in total. The number of hydrogen-bond donors (Lipinski definition) is 1.